The van der Waals surface area contributed by atoms with E-state index in [9.17, 15) is 4.79 Å². The maximum absolute atomic E-state index is 11.2. The number of nitrogens with zero attached hydrogens (tertiary/aromatic N) is 1. The Morgan fingerprint density at radius 2 is 2.31 bits per heavy atom. The molecule has 0 saturated heterocycles. The first-order valence-corrected chi connectivity index (χ1v) is 5.31. The maximum Gasteiger partial charge on any atom is 0.254 e. The van der Waals surface area contributed by atoms with Crippen molar-refractivity contribution in [2.75, 3.05) is 0 Å². The van der Waals surface area contributed by atoms with Crippen LogP contribution < -0.4 is 0 Å². The van der Waals surface area contributed by atoms with Crippen LogP contribution in [0.2, 0.25) is 0 Å². The van der Waals surface area contributed by atoms with Gasteiger partial charge in [0.15, 0.2) is 0 Å². The van der Waals surface area contributed by atoms with E-state index < -0.39 is 0 Å². The number of amides is 1. The van der Waals surface area contributed by atoms with Crippen molar-refractivity contribution in [1.82, 2.24) is 0 Å². The van der Waals surface area contributed by atoms with Crippen molar-refractivity contribution in [2.24, 2.45) is 22.7 Å². The molecule has 0 heterocycles. The lowest BCUT2D eigenvalue weighted by Gasteiger charge is -2.19. The molecule has 2 rings (SSSR count). The van der Waals surface area contributed by atoms with Gasteiger partial charge in [0, 0.05) is 6.42 Å². The summed E-state index contributed by atoms with van der Waals surface area (Å²) >= 11 is 4.40. The Bertz CT molecular complexity index is 270. The van der Waals surface area contributed by atoms with Crippen molar-refractivity contribution >= 4 is 23.3 Å². The van der Waals surface area contributed by atoms with Crippen molar-refractivity contribution in [3.8, 4) is 0 Å². The van der Waals surface area contributed by atoms with Crippen LogP contribution in [0.4, 0.5) is 0 Å². The van der Waals surface area contributed by atoms with E-state index in [1.54, 1.807) is 0 Å². The number of hydrogen-bond acceptors (Lipinski definition) is 2. The minimum atomic E-state index is -0.0763. The summed E-state index contributed by atoms with van der Waals surface area (Å²) in [5, 5.41) is 2.14. The summed E-state index contributed by atoms with van der Waals surface area (Å²) in [4.78, 5) is 14.7. The Morgan fingerprint density at radius 1 is 1.46 bits per heavy atom. The molecule has 70 valence electrons. The summed E-state index contributed by atoms with van der Waals surface area (Å²) < 4.78 is 0. The predicted molar refractivity (Wildman–Crippen MR) is 53.6 cm³/mol. The Labute approximate surface area is 83.4 Å². The minimum Gasteiger partial charge on any atom is -0.272 e. The average molecular weight is 195 g/mol. The zero-order valence-electron chi connectivity index (χ0n) is 7.53. The molecule has 3 atom stereocenters. The van der Waals surface area contributed by atoms with Gasteiger partial charge in [-0.25, -0.2) is 0 Å². The highest BCUT2D eigenvalue weighted by atomic mass is 32.1. The molecular formula is C10H13NOS. The van der Waals surface area contributed by atoms with Crippen LogP contribution in [0, 0.1) is 17.8 Å². The van der Waals surface area contributed by atoms with Gasteiger partial charge in [-0.05, 0) is 49.2 Å². The third-order valence-electron chi connectivity index (χ3n) is 3.49. The molecule has 0 aliphatic heterocycles. The molecular weight excluding hydrogens is 182 g/mol. The number of carbonyl (C=O) groups excluding carboxylic acids is 1. The Balaban J connectivity index is 1.89. The average Bonchev–Trinajstić information content (AvgIpc) is 2.65. The van der Waals surface area contributed by atoms with Gasteiger partial charge in [-0.1, -0.05) is 6.42 Å². The van der Waals surface area contributed by atoms with Crippen LogP contribution in [0.5, 0.6) is 0 Å². The van der Waals surface area contributed by atoms with Gasteiger partial charge in [-0.2, -0.15) is 4.99 Å². The van der Waals surface area contributed by atoms with E-state index in [0.29, 0.717) is 12.3 Å². The fraction of sp³-hybridized carbons (Fsp3) is 0.800. The fourth-order valence-electron chi connectivity index (χ4n) is 2.95. The van der Waals surface area contributed by atoms with E-state index in [0.717, 1.165) is 11.8 Å². The molecule has 2 saturated carbocycles. The quantitative estimate of drug-likeness (QED) is 0.500. The summed E-state index contributed by atoms with van der Waals surface area (Å²) in [5.41, 5.74) is 0. The second-order valence-electron chi connectivity index (χ2n) is 4.24. The summed E-state index contributed by atoms with van der Waals surface area (Å²) in [7, 11) is 0. The van der Waals surface area contributed by atoms with E-state index in [1.807, 2.05) is 0 Å². The van der Waals surface area contributed by atoms with Gasteiger partial charge >= 0.3 is 0 Å². The number of isothiocyanates is 1. The highest BCUT2D eigenvalue weighted by Crippen LogP contribution is 2.49. The van der Waals surface area contributed by atoms with Gasteiger partial charge in [0.25, 0.3) is 5.91 Å². The minimum absolute atomic E-state index is 0.0763. The SMILES string of the molecule is O=C(CC1CC2CCC1C2)N=C=S. The number of hydrogen-bond donors (Lipinski definition) is 0. The molecule has 0 radical (unpaired) electrons. The Kier molecular flexibility index (Phi) is 2.56. The molecule has 3 unspecified atom stereocenters. The largest absolute Gasteiger partial charge is 0.272 e. The smallest absolute Gasteiger partial charge is 0.254 e. The summed E-state index contributed by atoms with van der Waals surface area (Å²) in [6.07, 6.45) is 5.89. The number of fused-ring (bicyclic) bond motifs is 2. The second kappa shape index (κ2) is 3.69. The lowest BCUT2D eigenvalue weighted by molar-refractivity contribution is -0.119. The molecule has 0 spiro atoms. The summed E-state index contributed by atoms with van der Waals surface area (Å²) in [5.74, 6) is 2.22. The van der Waals surface area contributed by atoms with Gasteiger partial charge in [0.2, 0.25) is 0 Å². The van der Waals surface area contributed by atoms with Gasteiger partial charge in [0.1, 0.15) is 0 Å². The van der Waals surface area contributed by atoms with Gasteiger partial charge in [-0.15, -0.1) is 0 Å². The van der Waals surface area contributed by atoms with E-state index in [-0.39, 0.29) is 5.91 Å². The molecule has 2 bridgehead atoms. The van der Waals surface area contributed by atoms with Crippen LogP contribution >= 0.6 is 12.2 Å². The third-order valence-corrected chi connectivity index (χ3v) is 3.58. The van der Waals surface area contributed by atoms with Gasteiger partial charge in [0.05, 0.1) is 5.16 Å². The molecule has 0 aromatic carbocycles. The van der Waals surface area contributed by atoms with Crippen LogP contribution in [0.3, 0.4) is 0 Å². The molecule has 0 aromatic heterocycles. The van der Waals surface area contributed by atoms with Gasteiger partial charge < -0.3 is 0 Å². The fourth-order valence-corrected chi connectivity index (χ4v) is 3.05. The monoisotopic (exact) mass is 195 g/mol. The maximum atomic E-state index is 11.2. The van der Waals surface area contributed by atoms with E-state index in [2.05, 4.69) is 22.4 Å². The molecule has 0 aromatic rings. The molecule has 13 heavy (non-hydrogen) atoms. The van der Waals surface area contributed by atoms with Crippen molar-refractivity contribution in [1.29, 1.82) is 0 Å². The van der Waals surface area contributed by atoms with Crippen molar-refractivity contribution in [3.05, 3.63) is 0 Å². The Hall–Kier alpha value is -0.530. The predicted octanol–water partition coefficient (Wildman–Crippen LogP) is 2.44. The molecule has 2 fully saturated rings. The first kappa shape index (κ1) is 9.04. The van der Waals surface area contributed by atoms with E-state index in [4.69, 9.17) is 0 Å². The first-order chi connectivity index (χ1) is 6.29. The zero-order valence-corrected chi connectivity index (χ0v) is 8.35. The lowest BCUT2D eigenvalue weighted by atomic mass is 9.86. The molecule has 2 aliphatic rings. The number of carbonyl (C=O) groups is 1. The topological polar surface area (TPSA) is 29.4 Å². The molecule has 1 amide bonds. The van der Waals surface area contributed by atoms with Crippen LogP contribution in [0.1, 0.15) is 32.1 Å². The van der Waals surface area contributed by atoms with Crippen molar-refractivity contribution in [2.45, 2.75) is 32.1 Å². The third kappa shape index (κ3) is 1.87. The number of rotatable bonds is 2. The molecule has 3 heteroatoms. The molecule has 0 N–H and O–H groups in total. The summed E-state index contributed by atoms with van der Waals surface area (Å²) in [6.45, 7) is 0. The normalized spacial score (nSPS) is 35.8. The second-order valence-corrected chi connectivity index (χ2v) is 4.42. The number of aliphatic imine (C=N–C) groups is 1. The summed E-state index contributed by atoms with van der Waals surface area (Å²) in [6, 6.07) is 0. The zero-order chi connectivity index (χ0) is 9.26. The highest BCUT2D eigenvalue weighted by Gasteiger charge is 2.39. The standard InChI is InChI=1S/C10H13NOS/c12-10(11-6-13)5-9-4-7-1-2-8(9)3-7/h7-9H,1-5H2. The Morgan fingerprint density at radius 3 is 2.85 bits per heavy atom. The van der Waals surface area contributed by atoms with Crippen LogP contribution in [-0.2, 0) is 4.79 Å². The molecule has 2 nitrogen and oxygen atoms in total. The lowest BCUT2D eigenvalue weighted by Crippen LogP contribution is -2.13. The van der Waals surface area contributed by atoms with Gasteiger partial charge in [-0.3, -0.25) is 4.79 Å². The first-order valence-electron chi connectivity index (χ1n) is 4.90. The van der Waals surface area contributed by atoms with E-state index in [1.165, 1.54) is 25.7 Å². The molecule has 2 aliphatic carbocycles. The van der Waals surface area contributed by atoms with Crippen LogP contribution in [0.25, 0.3) is 0 Å². The van der Waals surface area contributed by atoms with Crippen LogP contribution in [0.15, 0.2) is 4.99 Å². The van der Waals surface area contributed by atoms with Crippen molar-refractivity contribution in [3.63, 3.8) is 0 Å². The number of thiocarbonyl (C=S) groups is 1. The van der Waals surface area contributed by atoms with Crippen LogP contribution in [-0.4, -0.2) is 11.1 Å². The van der Waals surface area contributed by atoms with E-state index >= 15 is 0 Å². The highest BCUT2D eigenvalue weighted by molar-refractivity contribution is 7.78. The van der Waals surface area contributed by atoms with Crippen molar-refractivity contribution < 1.29 is 4.79 Å².